The zero-order valence-corrected chi connectivity index (χ0v) is 10.2. The van der Waals surface area contributed by atoms with E-state index >= 15 is 0 Å². The summed E-state index contributed by atoms with van der Waals surface area (Å²) in [6.07, 6.45) is 0.962. The van der Waals surface area contributed by atoms with Gasteiger partial charge < -0.3 is 4.74 Å². The summed E-state index contributed by atoms with van der Waals surface area (Å²) in [7, 11) is 0. The fraction of sp³-hybridized carbons (Fsp3) is 0.750. The minimum Gasteiger partial charge on any atom is -0.456 e. The number of esters is 1. The first-order valence-electron chi connectivity index (χ1n) is 5.03. The van der Waals surface area contributed by atoms with Gasteiger partial charge in [-0.1, -0.05) is 27.4 Å². The lowest BCUT2D eigenvalue weighted by Crippen LogP contribution is -2.43. The van der Waals surface area contributed by atoms with Gasteiger partial charge in [0, 0.05) is 11.0 Å². The molecule has 82 valence electrons. The average molecular weight is 198 g/mol. The molecule has 0 radical (unpaired) electrons. The van der Waals surface area contributed by atoms with Gasteiger partial charge in [0.2, 0.25) is 0 Å². The fourth-order valence-corrected chi connectivity index (χ4v) is 0.883. The van der Waals surface area contributed by atoms with Gasteiger partial charge in [0.05, 0.1) is 0 Å². The summed E-state index contributed by atoms with van der Waals surface area (Å²) in [5.74, 6) is -0.309. The quantitative estimate of drug-likeness (QED) is 0.511. The van der Waals surface area contributed by atoms with E-state index in [1.807, 2.05) is 13.8 Å². The van der Waals surface area contributed by atoms with Gasteiger partial charge >= 0.3 is 5.97 Å². The highest BCUT2D eigenvalue weighted by Gasteiger charge is 2.38. The van der Waals surface area contributed by atoms with E-state index in [4.69, 9.17) is 4.74 Å². The molecule has 0 aliphatic carbocycles. The van der Waals surface area contributed by atoms with E-state index in [0.717, 1.165) is 6.42 Å². The number of carbonyl (C=O) groups excluding carboxylic acids is 1. The predicted octanol–water partition coefficient (Wildman–Crippen LogP) is 3.32. The van der Waals surface area contributed by atoms with E-state index in [9.17, 15) is 4.79 Å². The minimum absolute atomic E-state index is 0.0297. The molecule has 14 heavy (non-hydrogen) atoms. The maximum atomic E-state index is 11.4. The number of hydrogen-bond donors (Lipinski definition) is 0. The molecule has 0 unspecified atom stereocenters. The second-order valence-corrected chi connectivity index (χ2v) is 4.92. The molecule has 0 saturated heterocycles. The number of ether oxygens (including phenoxy) is 1. The summed E-state index contributed by atoms with van der Waals surface area (Å²) in [6.45, 7) is 15.4. The van der Waals surface area contributed by atoms with Crippen molar-refractivity contribution in [2.45, 2.75) is 53.6 Å². The van der Waals surface area contributed by atoms with Crippen LogP contribution in [-0.2, 0) is 9.53 Å². The molecule has 0 atom stereocenters. The van der Waals surface area contributed by atoms with Gasteiger partial charge in [-0.25, -0.2) is 4.79 Å². The number of carbonyl (C=O) groups is 1. The number of rotatable bonds is 4. The molecular formula is C12H22O2. The Morgan fingerprint density at radius 1 is 1.29 bits per heavy atom. The van der Waals surface area contributed by atoms with Crippen LogP contribution in [0.3, 0.4) is 0 Å². The van der Waals surface area contributed by atoms with E-state index in [1.165, 1.54) is 0 Å². The SMILES string of the molecule is C=C(C)C(=O)OC(C)(C)C(C)(C)CC. The maximum absolute atomic E-state index is 11.4. The lowest BCUT2D eigenvalue weighted by atomic mass is 9.75. The van der Waals surface area contributed by atoms with Crippen LogP contribution in [0, 0.1) is 5.41 Å². The van der Waals surface area contributed by atoms with Crippen molar-refractivity contribution in [2.24, 2.45) is 5.41 Å². The molecule has 0 spiro atoms. The Morgan fingerprint density at radius 3 is 2.00 bits per heavy atom. The summed E-state index contributed by atoms with van der Waals surface area (Å²) >= 11 is 0. The van der Waals surface area contributed by atoms with Crippen molar-refractivity contribution in [3.8, 4) is 0 Å². The molecule has 0 bridgehead atoms. The standard InChI is InChI=1S/C12H22O2/c1-8-11(4,5)12(6,7)14-10(13)9(2)3/h2,8H2,1,3-7H3. The van der Waals surface area contributed by atoms with Crippen LogP contribution in [0.15, 0.2) is 12.2 Å². The van der Waals surface area contributed by atoms with Crippen LogP contribution < -0.4 is 0 Å². The van der Waals surface area contributed by atoms with Crippen LogP contribution in [0.25, 0.3) is 0 Å². The molecule has 0 fully saturated rings. The van der Waals surface area contributed by atoms with Gasteiger partial charge in [0.15, 0.2) is 0 Å². The summed E-state index contributed by atoms with van der Waals surface area (Å²) in [5, 5.41) is 0. The van der Waals surface area contributed by atoms with Gasteiger partial charge in [-0.2, -0.15) is 0 Å². The van der Waals surface area contributed by atoms with Crippen molar-refractivity contribution in [1.29, 1.82) is 0 Å². The first kappa shape index (κ1) is 13.2. The van der Waals surface area contributed by atoms with Crippen LogP contribution in [0.5, 0.6) is 0 Å². The molecule has 0 heterocycles. The normalized spacial score (nSPS) is 12.4. The van der Waals surface area contributed by atoms with Crippen molar-refractivity contribution in [1.82, 2.24) is 0 Å². The Balaban J connectivity index is 4.65. The third kappa shape index (κ3) is 2.86. The molecule has 2 nitrogen and oxygen atoms in total. The third-order valence-electron chi connectivity index (χ3n) is 3.21. The largest absolute Gasteiger partial charge is 0.456 e. The van der Waals surface area contributed by atoms with Crippen molar-refractivity contribution in [2.75, 3.05) is 0 Å². The van der Waals surface area contributed by atoms with Crippen molar-refractivity contribution in [3.05, 3.63) is 12.2 Å². The molecule has 0 aliphatic rings. The van der Waals surface area contributed by atoms with Crippen molar-refractivity contribution < 1.29 is 9.53 Å². The Bertz CT molecular complexity index is 237. The highest BCUT2D eigenvalue weighted by atomic mass is 16.6. The second-order valence-electron chi connectivity index (χ2n) is 4.92. The van der Waals surface area contributed by atoms with Gasteiger partial charge in [0.25, 0.3) is 0 Å². The summed E-state index contributed by atoms with van der Waals surface area (Å²) in [4.78, 5) is 11.4. The molecule has 2 heteroatoms. The smallest absolute Gasteiger partial charge is 0.333 e. The molecule has 0 aromatic rings. The second kappa shape index (κ2) is 4.16. The molecule has 0 aromatic carbocycles. The summed E-state index contributed by atoms with van der Waals surface area (Å²) in [5.41, 5.74) is -0.0411. The fourth-order valence-electron chi connectivity index (χ4n) is 0.883. The molecule has 0 amide bonds. The molecule has 0 aromatic heterocycles. The van der Waals surface area contributed by atoms with Crippen molar-refractivity contribution in [3.63, 3.8) is 0 Å². The monoisotopic (exact) mass is 198 g/mol. The predicted molar refractivity (Wildman–Crippen MR) is 59.1 cm³/mol. The molecule has 0 aliphatic heterocycles. The highest BCUT2D eigenvalue weighted by molar-refractivity contribution is 5.87. The van der Waals surface area contributed by atoms with Gasteiger partial charge in [-0.3, -0.25) is 0 Å². The topological polar surface area (TPSA) is 26.3 Å². The average Bonchev–Trinajstić information content (AvgIpc) is 2.03. The number of hydrogen-bond acceptors (Lipinski definition) is 2. The summed E-state index contributed by atoms with van der Waals surface area (Å²) in [6, 6.07) is 0. The van der Waals surface area contributed by atoms with Gasteiger partial charge in [-0.15, -0.1) is 0 Å². The van der Waals surface area contributed by atoms with Gasteiger partial charge in [-0.05, 0) is 27.2 Å². The lowest BCUT2D eigenvalue weighted by molar-refractivity contribution is -0.163. The third-order valence-corrected chi connectivity index (χ3v) is 3.21. The minimum atomic E-state index is -0.461. The summed E-state index contributed by atoms with van der Waals surface area (Å²) < 4.78 is 5.42. The first-order chi connectivity index (χ1) is 6.14. The Kier molecular flexibility index (Phi) is 3.92. The van der Waals surface area contributed by atoms with E-state index in [-0.39, 0.29) is 11.4 Å². The zero-order chi connectivity index (χ0) is 11.6. The van der Waals surface area contributed by atoms with Crippen LogP contribution in [0.2, 0.25) is 0 Å². The van der Waals surface area contributed by atoms with E-state index in [2.05, 4.69) is 27.4 Å². The van der Waals surface area contributed by atoms with Crippen LogP contribution >= 0.6 is 0 Å². The Labute approximate surface area is 87.3 Å². The van der Waals surface area contributed by atoms with E-state index in [0.29, 0.717) is 5.57 Å². The molecule has 0 rings (SSSR count). The highest BCUT2D eigenvalue weighted by Crippen LogP contribution is 2.37. The Morgan fingerprint density at radius 2 is 1.71 bits per heavy atom. The van der Waals surface area contributed by atoms with Crippen LogP contribution in [0.1, 0.15) is 48.0 Å². The lowest BCUT2D eigenvalue weighted by Gasteiger charge is -2.40. The Hall–Kier alpha value is -0.790. The van der Waals surface area contributed by atoms with Crippen LogP contribution in [0.4, 0.5) is 0 Å². The van der Waals surface area contributed by atoms with E-state index in [1.54, 1.807) is 6.92 Å². The zero-order valence-electron chi connectivity index (χ0n) is 10.2. The maximum Gasteiger partial charge on any atom is 0.333 e. The van der Waals surface area contributed by atoms with Crippen molar-refractivity contribution >= 4 is 5.97 Å². The van der Waals surface area contributed by atoms with Crippen LogP contribution in [-0.4, -0.2) is 11.6 Å². The molecule has 0 N–H and O–H groups in total. The molecule has 0 saturated carbocycles. The van der Waals surface area contributed by atoms with E-state index < -0.39 is 5.60 Å². The van der Waals surface area contributed by atoms with Gasteiger partial charge in [0.1, 0.15) is 5.60 Å². The first-order valence-corrected chi connectivity index (χ1v) is 5.03. The molecular weight excluding hydrogens is 176 g/mol.